The van der Waals surface area contributed by atoms with Crippen LogP contribution in [0.5, 0.6) is 11.5 Å². The lowest BCUT2D eigenvalue weighted by Crippen LogP contribution is -2.18. The van der Waals surface area contributed by atoms with Gasteiger partial charge in [0.05, 0.1) is 6.04 Å². The summed E-state index contributed by atoms with van der Waals surface area (Å²) >= 11 is 9.46. The van der Waals surface area contributed by atoms with Crippen molar-refractivity contribution >= 4 is 27.5 Å². The molecule has 1 unspecified atom stereocenters. The van der Waals surface area contributed by atoms with Crippen molar-refractivity contribution in [3.63, 3.8) is 0 Å². The number of benzene rings is 2. The van der Waals surface area contributed by atoms with Crippen LogP contribution in [0.3, 0.4) is 0 Å². The van der Waals surface area contributed by atoms with E-state index < -0.39 is 6.04 Å². The number of halogens is 3. The highest BCUT2D eigenvalue weighted by atomic mass is 79.9. The Labute approximate surface area is 134 Å². The summed E-state index contributed by atoms with van der Waals surface area (Å²) in [5, 5.41) is 0.425. The smallest absolute Gasteiger partial charge is 0.162 e. The SMILES string of the molecule is NC(c1ccc(Br)cc1F)c1cc2c(cc1Cl)OCCO2. The summed E-state index contributed by atoms with van der Waals surface area (Å²) in [6.45, 7) is 0.950. The molecule has 2 N–H and O–H groups in total. The maximum absolute atomic E-state index is 14.0. The third-order valence-electron chi connectivity index (χ3n) is 3.29. The molecule has 2 aromatic rings. The van der Waals surface area contributed by atoms with Crippen LogP contribution in [0.4, 0.5) is 4.39 Å². The number of ether oxygens (including phenoxy) is 2. The molecule has 21 heavy (non-hydrogen) atoms. The second kappa shape index (κ2) is 5.83. The first-order valence-corrected chi connectivity index (χ1v) is 7.53. The molecule has 1 aliphatic rings. The van der Waals surface area contributed by atoms with Crippen LogP contribution >= 0.6 is 27.5 Å². The molecule has 3 rings (SSSR count). The lowest BCUT2D eigenvalue weighted by Gasteiger charge is -2.22. The Bertz CT molecular complexity index is 696. The van der Waals surface area contributed by atoms with Crippen molar-refractivity contribution < 1.29 is 13.9 Å². The van der Waals surface area contributed by atoms with Crippen molar-refractivity contribution in [1.82, 2.24) is 0 Å². The fourth-order valence-corrected chi connectivity index (χ4v) is 2.84. The number of rotatable bonds is 2. The molecule has 0 spiro atoms. The number of hydrogen-bond acceptors (Lipinski definition) is 3. The van der Waals surface area contributed by atoms with Crippen molar-refractivity contribution in [3.8, 4) is 11.5 Å². The molecule has 2 aromatic carbocycles. The first kappa shape index (κ1) is 14.6. The molecule has 0 aromatic heterocycles. The van der Waals surface area contributed by atoms with Gasteiger partial charge < -0.3 is 15.2 Å². The highest BCUT2D eigenvalue weighted by Gasteiger charge is 2.21. The fraction of sp³-hybridized carbons (Fsp3) is 0.200. The quantitative estimate of drug-likeness (QED) is 0.864. The zero-order valence-corrected chi connectivity index (χ0v) is 13.2. The molecule has 0 saturated carbocycles. The Hall–Kier alpha value is -1.30. The minimum atomic E-state index is -0.679. The molecule has 1 aliphatic heterocycles. The van der Waals surface area contributed by atoms with E-state index in [4.69, 9.17) is 26.8 Å². The molecule has 1 atom stereocenters. The van der Waals surface area contributed by atoms with Crippen LogP contribution in [-0.4, -0.2) is 13.2 Å². The van der Waals surface area contributed by atoms with E-state index in [9.17, 15) is 4.39 Å². The van der Waals surface area contributed by atoms with Gasteiger partial charge in [-0.25, -0.2) is 4.39 Å². The van der Waals surface area contributed by atoms with Crippen LogP contribution in [0.2, 0.25) is 5.02 Å². The van der Waals surface area contributed by atoms with Crippen molar-refractivity contribution in [1.29, 1.82) is 0 Å². The largest absolute Gasteiger partial charge is 0.486 e. The minimum absolute atomic E-state index is 0.372. The minimum Gasteiger partial charge on any atom is -0.486 e. The summed E-state index contributed by atoms with van der Waals surface area (Å²) in [7, 11) is 0. The van der Waals surface area contributed by atoms with Gasteiger partial charge in [-0.1, -0.05) is 33.6 Å². The first-order chi connectivity index (χ1) is 10.1. The Morgan fingerprint density at radius 3 is 2.43 bits per heavy atom. The van der Waals surface area contributed by atoms with Crippen molar-refractivity contribution in [3.05, 3.63) is 56.8 Å². The molecule has 0 aliphatic carbocycles. The topological polar surface area (TPSA) is 44.5 Å². The average Bonchev–Trinajstić information content (AvgIpc) is 2.46. The zero-order valence-electron chi connectivity index (χ0n) is 10.9. The molecule has 3 nitrogen and oxygen atoms in total. The highest BCUT2D eigenvalue weighted by Crippen LogP contribution is 2.39. The maximum atomic E-state index is 14.0. The van der Waals surface area contributed by atoms with Gasteiger partial charge in [-0.3, -0.25) is 0 Å². The van der Waals surface area contributed by atoms with Crippen molar-refractivity contribution in [2.24, 2.45) is 5.73 Å². The van der Waals surface area contributed by atoms with Gasteiger partial charge in [0.2, 0.25) is 0 Å². The van der Waals surface area contributed by atoms with Crippen LogP contribution in [-0.2, 0) is 0 Å². The summed E-state index contributed by atoms with van der Waals surface area (Å²) in [5.41, 5.74) is 7.14. The van der Waals surface area contributed by atoms with Gasteiger partial charge in [0.25, 0.3) is 0 Å². The predicted molar refractivity (Wildman–Crippen MR) is 82.6 cm³/mol. The van der Waals surface area contributed by atoms with E-state index in [1.165, 1.54) is 6.07 Å². The summed E-state index contributed by atoms with van der Waals surface area (Å²) in [4.78, 5) is 0. The van der Waals surface area contributed by atoms with Gasteiger partial charge in [-0.2, -0.15) is 0 Å². The van der Waals surface area contributed by atoms with E-state index in [-0.39, 0.29) is 5.82 Å². The highest BCUT2D eigenvalue weighted by molar-refractivity contribution is 9.10. The van der Waals surface area contributed by atoms with Gasteiger partial charge in [0, 0.05) is 21.1 Å². The van der Waals surface area contributed by atoms with Gasteiger partial charge >= 0.3 is 0 Å². The van der Waals surface area contributed by atoms with Crippen LogP contribution in [0.15, 0.2) is 34.8 Å². The number of fused-ring (bicyclic) bond motifs is 1. The van der Waals surface area contributed by atoms with E-state index >= 15 is 0 Å². The van der Waals surface area contributed by atoms with E-state index in [2.05, 4.69) is 15.9 Å². The first-order valence-electron chi connectivity index (χ1n) is 6.36. The second-order valence-corrected chi connectivity index (χ2v) is 5.98. The van der Waals surface area contributed by atoms with E-state index in [0.29, 0.717) is 45.3 Å². The molecule has 110 valence electrons. The molecule has 6 heteroatoms. The molecule has 0 fully saturated rings. The van der Waals surface area contributed by atoms with Crippen LogP contribution in [0, 0.1) is 5.82 Å². The lowest BCUT2D eigenvalue weighted by molar-refractivity contribution is 0.171. The molecule has 0 bridgehead atoms. The normalized spacial score (nSPS) is 14.9. The number of hydrogen-bond donors (Lipinski definition) is 1. The molecular weight excluding hydrogens is 361 g/mol. The van der Waals surface area contributed by atoms with Crippen molar-refractivity contribution in [2.45, 2.75) is 6.04 Å². The molecule has 1 heterocycles. The van der Waals surface area contributed by atoms with Gasteiger partial charge in [0.1, 0.15) is 19.0 Å². The fourth-order valence-electron chi connectivity index (χ4n) is 2.24. The van der Waals surface area contributed by atoms with Crippen LogP contribution in [0.1, 0.15) is 17.2 Å². The predicted octanol–water partition coefficient (Wildman–Crippen LogP) is 4.06. The Morgan fingerprint density at radius 2 is 1.76 bits per heavy atom. The monoisotopic (exact) mass is 371 g/mol. The summed E-state index contributed by atoms with van der Waals surface area (Å²) in [5.74, 6) is 0.773. The second-order valence-electron chi connectivity index (χ2n) is 4.66. The Morgan fingerprint density at radius 1 is 1.10 bits per heavy atom. The maximum Gasteiger partial charge on any atom is 0.162 e. The van der Waals surface area contributed by atoms with Gasteiger partial charge in [-0.15, -0.1) is 0 Å². The summed E-state index contributed by atoms with van der Waals surface area (Å²) in [6, 6.07) is 7.44. The lowest BCUT2D eigenvalue weighted by atomic mass is 9.98. The average molecular weight is 373 g/mol. The summed E-state index contributed by atoms with van der Waals surface area (Å²) in [6.07, 6.45) is 0. The standard InChI is InChI=1S/C15H12BrClFNO2/c16-8-1-2-9(12(18)5-8)15(19)10-6-13-14(7-11(10)17)21-4-3-20-13/h1-2,5-7,15H,3-4,19H2. The molecular formula is C15H12BrClFNO2. The van der Waals surface area contributed by atoms with Crippen molar-refractivity contribution in [2.75, 3.05) is 13.2 Å². The Balaban J connectivity index is 2.03. The number of nitrogens with two attached hydrogens (primary N) is 1. The zero-order chi connectivity index (χ0) is 15.0. The van der Waals surface area contributed by atoms with E-state index in [1.807, 2.05) is 0 Å². The third-order valence-corrected chi connectivity index (χ3v) is 4.11. The molecule has 0 amide bonds. The van der Waals surface area contributed by atoms with E-state index in [1.54, 1.807) is 24.3 Å². The van der Waals surface area contributed by atoms with E-state index in [0.717, 1.165) is 0 Å². The van der Waals surface area contributed by atoms with Crippen LogP contribution < -0.4 is 15.2 Å². The third kappa shape index (κ3) is 2.86. The molecule has 0 saturated heterocycles. The summed E-state index contributed by atoms with van der Waals surface area (Å²) < 4.78 is 25.7. The van der Waals surface area contributed by atoms with Crippen LogP contribution in [0.25, 0.3) is 0 Å². The molecule has 0 radical (unpaired) electrons. The van der Waals surface area contributed by atoms with Gasteiger partial charge in [0.15, 0.2) is 11.5 Å². The Kier molecular flexibility index (Phi) is 4.06. The van der Waals surface area contributed by atoms with Gasteiger partial charge in [-0.05, 0) is 23.8 Å².